The number of piperazine rings is 1. The molecule has 11 heteroatoms. The number of H-pyrrole nitrogens is 1. The second kappa shape index (κ2) is 7.36. The number of nitrogens with one attached hydrogen (secondary N) is 1. The normalized spacial score (nSPS) is 15.8. The molecule has 1 amide bonds. The second-order valence-corrected chi connectivity index (χ2v) is 8.25. The summed E-state index contributed by atoms with van der Waals surface area (Å²) < 4.78 is 26.8. The number of halogens is 2. The minimum Gasteiger partial charge on any atom is -0.335 e. The molecule has 3 rings (SSSR count). The van der Waals surface area contributed by atoms with Crippen molar-refractivity contribution in [2.24, 2.45) is 0 Å². The van der Waals surface area contributed by atoms with Gasteiger partial charge in [-0.25, -0.2) is 13.5 Å². The van der Waals surface area contributed by atoms with E-state index in [4.69, 9.17) is 23.2 Å². The molecular formula is C15H14Cl2N4O4S. The standard InChI is InChI=1S/C15H14Cl2N4O4S/c16-10-2-1-3-12(14(10)17)26(24,25)21-8-6-20(7-9-21)15(23)11-4-5-13(22)19-18-11/h1-5H,6-9H2,(H,19,22). The molecule has 0 atom stereocenters. The second-order valence-electron chi connectivity index (χ2n) is 5.55. The van der Waals surface area contributed by atoms with Crippen LogP contribution < -0.4 is 5.56 Å². The summed E-state index contributed by atoms with van der Waals surface area (Å²) in [6.07, 6.45) is 0. The highest BCUT2D eigenvalue weighted by molar-refractivity contribution is 7.89. The van der Waals surface area contributed by atoms with Crippen LogP contribution in [-0.2, 0) is 10.0 Å². The average molecular weight is 417 g/mol. The van der Waals surface area contributed by atoms with Gasteiger partial charge in [0.1, 0.15) is 10.6 Å². The van der Waals surface area contributed by atoms with Gasteiger partial charge >= 0.3 is 0 Å². The fourth-order valence-corrected chi connectivity index (χ4v) is 4.74. The molecule has 1 aromatic heterocycles. The summed E-state index contributed by atoms with van der Waals surface area (Å²) in [4.78, 5) is 24.8. The SMILES string of the molecule is O=C(c1ccc(=O)[nH]n1)N1CCN(S(=O)(=O)c2cccc(Cl)c2Cl)CC1. The highest BCUT2D eigenvalue weighted by atomic mass is 35.5. The highest BCUT2D eigenvalue weighted by Gasteiger charge is 2.32. The molecule has 26 heavy (non-hydrogen) atoms. The number of nitrogens with zero attached hydrogens (tertiary/aromatic N) is 3. The van der Waals surface area contributed by atoms with Crippen molar-refractivity contribution in [2.45, 2.75) is 4.90 Å². The lowest BCUT2D eigenvalue weighted by Crippen LogP contribution is -2.50. The number of rotatable bonds is 3. The summed E-state index contributed by atoms with van der Waals surface area (Å²) in [6, 6.07) is 6.96. The van der Waals surface area contributed by atoms with E-state index in [1.807, 2.05) is 0 Å². The quantitative estimate of drug-likeness (QED) is 0.809. The van der Waals surface area contributed by atoms with Crippen LogP contribution in [0.4, 0.5) is 0 Å². The Balaban J connectivity index is 1.73. The molecule has 138 valence electrons. The van der Waals surface area contributed by atoms with Crippen LogP contribution in [0.1, 0.15) is 10.5 Å². The molecule has 0 unspecified atom stereocenters. The number of aromatic nitrogens is 2. The fourth-order valence-electron chi connectivity index (χ4n) is 2.58. The van der Waals surface area contributed by atoms with E-state index < -0.39 is 15.6 Å². The first-order valence-electron chi connectivity index (χ1n) is 7.60. The molecule has 2 heterocycles. The monoisotopic (exact) mass is 416 g/mol. The zero-order valence-corrected chi connectivity index (χ0v) is 15.7. The summed E-state index contributed by atoms with van der Waals surface area (Å²) in [5.74, 6) is -0.376. The molecule has 0 aliphatic carbocycles. The zero-order valence-electron chi connectivity index (χ0n) is 13.4. The molecule has 1 aliphatic rings. The molecule has 1 saturated heterocycles. The average Bonchev–Trinajstić information content (AvgIpc) is 2.64. The van der Waals surface area contributed by atoms with Crippen LogP contribution in [-0.4, -0.2) is 59.9 Å². The lowest BCUT2D eigenvalue weighted by Gasteiger charge is -2.33. The Morgan fingerprint density at radius 1 is 1.08 bits per heavy atom. The van der Waals surface area contributed by atoms with E-state index in [0.717, 1.165) is 0 Å². The topological polar surface area (TPSA) is 103 Å². The van der Waals surface area contributed by atoms with E-state index in [-0.39, 0.29) is 52.7 Å². The van der Waals surface area contributed by atoms with Gasteiger partial charge in [-0.05, 0) is 18.2 Å². The van der Waals surface area contributed by atoms with E-state index in [1.165, 1.54) is 39.5 Å². The van der Waals surface area contributed by atoms with Gasteiger partial charge in [-0.15, -0.1) is 0 Å². The van der Waals surface area contributed by atoms with Gasteiger partial charge in [-0.1, -0.05) is 29.3 Å². The number of hydrogen-bond donors (Lipinski definition) is 1. The Morgan fingerprint density at radius 3 is 2.38 bits per heavy atom. The van der Waals surface area contributed by atoms with Crippen molar-refractivity contribution in [3.05, 3.63) is 56.4 Å². The fraction of sp³-hybridized carbons (Fsp3) is 0.267. The third-order valence-corrected chi connectivity index (χ3v) is 6.83. The number of sulfonamides is 1. The van der Waals surface area contributed by atoms with Crippen molar-refractivity contribution in [2.75, 3.05) is 26.2 Å². The molecule has 1 fully saturated rings. The van der Waals surface area contributed by atoms with E-state index in [0.29, 0.717) is 0 Å². The summed E-state index contributed by atoms with van der Waals surface area (Å²) >= 11 is 11.9. The molecule has 2 aromatic rings. The lowest BCUT2D eigenvalue weighted by molar-refractivity contribution is 0.0690. The first-order valence-corrected chi connectivity index (χ1v) is 9.79. The van der Waals surface area contributed by atoms with Crippen LogP contribution in [0.2, 0.25) is 10.0 Å². The molecule has 1 N–H and O–H groups in total. The van der Waals surface area contributed by atoms with Gasteiger partial charge in [0, 0.05) is 32.2 Å². The molecular weight excluding hydrogens is 403 g/mol. The lowest BCUT2D eigenvalue weighted by atomic mass is 10.3. The minimum absolute atomic E-state index is 0.0230. The summed E-state index contributed by atoms with van der Waals surface area (Å²) in [7, 11) is -3.82. The molecule has 1 aliphatic heterocycles. The third-order valence-electron chi connectivity index (χ3n) is 3.96. The summed E-state index contributed by atoms with van der Waals surface area (Å²) in [5, 5.41) is 6.03. The third kappa shape index (κ3) is 3.61. The van der Waals surface area contributed by atoms with Crippen molar-refractivity contribution >= 4 is 39.1 Å². The van der Waals surface area contributed by atoms with Crippen molar-refractivity contribution in [3.8, 4) is 0 Å². The van der Waals surface area contributed by atoms with Crippen LogP contribution >= 0.6 is 23.2 Å². The van der Waals surface area contributed by atoms with Crippen molar-refractivity contribution in [1.29, 1.82) is 0 Å². The molecule has 0 radical (unpaired) electrons. The predicted octanol–water partition coefficient (Wildman–Crippen LogP) is 1.22. The first kappa shape index (κ1) is 18.8. The summed E-state index contributed by atoms with van der Waals surface area (Å²) in [6.45, 7) is 0.606. The Kier molecular flexibility index (Phi) is 5.33. The van der Waals surface area contributed by atoms with Gasteiger partial charge < -0.3 is 4.90 Å². The van der Waals surface area contributed by atoms with Gasteiger partial charge in [0.15, 0.2) is 0 Å². The Morgan fingerprint density at radius 2 is 1.77 bits per heavy atom. The Bertz CT molecular complexity index is 980. The molecule has 0 spiro atoms. The highest BCUT2D eigenvalue weighted by Crippen LogP contribution is 2.31. The van der Waals surface area contributed by atoms with E-state index >= 15 is 0 Å². The van der Waals surface area contributed by atoms with Crippen molar-refractivity contribution in [1.82, 2.24) is 19.4 Å². The van der Waals surface area contributed by atoms with Gasteiger partial charge in [0.05, 0.1) is 10.0 Å². The molecule has 8 nitrogen and oxygen atoms in total. The smallest absolute Gasteiger partial charge is 0.274 e. The maximum Gasteiger partial charge on any atom is 0.274 e. The maximum atomic E-state index is 12.8. The molecule has 0 bridgehead atoms. The number of aromatic amines is 1. The van der Waals surface area contributed by atoms with Crippen LogP contribution in [0.25, 0.3) is 0 Å². The van der Waals surface area contributed by atoms with Gasteiger partial charge in [-0.2, -0.15) is 9.40 Å². The van der Waals surface area contributed by atoms with Gasteiger partial charge in [0.2, 0.25) is 10.0 Å². The number of amides is 1. The van der Waals surface area contributed by atoms with Crippen LogP contribution in [0, 0.1) is 0 Å². The Labute approximate surface area is 159 Å². The Hall–Kier alpha value is -1.94. The summed E-state index contributed by atoms with van der Waals surface area (Å²) in [5.41, 5.74) is -0.311. The zero-order chi connectivity index (χ0) is 18.9. The van der Waals surface area contributed by atoms with Crippen molar-refractivity contribution < 1.29 is 13.2 Å². The number of carbonyl (C=O) groups excluding carboxylic acids is 1. The van der Waals surface area contributed by atoms with Crippen LogP contribution in [0.15, 0.2) is 40.0 Å². The van der Waals surface area contributed by atoms with E-state index in [2.05, 4.69) is 10.2 Å². The van der Waals surface area contributed by atoms with Crippen LogP contribution in [0.3, 0.4) is 0 Å². The van der Waals surface area contributed by atoms with E-state index in [1.54, 1.807) is 0 Å². The number of hydrogen-bond acceptors (Lipinski definition) is 5. The van der Waals surface area contributed by atoms with Crippen molar-refractivity contribution in [3.63, 3.8) is 0 Å². The maximum absolute atomic E-state index is 12.8. The predicted molar refractivity (Wildman–Crippen MR) is 96.0 cm³/mol. The molecule has 1 aromatic carbocycles. The van der Waals surface area contributed by atoms with Gasteiger partial charge in [-0.3, -0.25) is 9.59 Å². The van der Waals surface area contributed by atoms with Crippen LogP contribution in [0.5, 0.6) is 0 Å². The number of carbonyl (C=O) groups is 1. The number of benzene rings is 1. The van der Waals surface area contributed by atoms with E-state index in [9.17, 15) is 18.0 Å². The minimum atomic E-state index is -3.82. The first-order chi connectivity index (χ1) is 12.3. The largest absolute Gasteiger partial charge is 0.335 e. The molecule has 0 saturated carbocycles. The van der Waals surface area contributed by atoms with Gasteiger partial charge in [0.25, 0.3) is 11.5 Å².